The molecule has 6 heteroatoms. The van der Waals surface area contributed by atoms with Gasteiger partial charge >= 0.3 is 0 Å². The van der Waals surface area contributed by atoms with Crippen LogP contribution in [0.2, 0.25) is 0 Å². The summed E-state index contributed by atoms with van der Waals surface area (Å²) in [6.45, 7) is 3.98. The highest BCUT2D eigenvalue weighted by molar-refractivity contribution is 6.04. The molecule has 2 aromatic carbocycles. The van der Waals surface area contributed by atoms with Crippen molar-refractivity contribution in [3.8, 4) is 0 Å². The van der Waals surface area contributed by atoms with Crippen LogP contribution in [0.1, 0.15) is 41.6 Å². The smallest absolute Gasteiger partial charge is 0.253 e. The fourth-order valence-electron chi connectivity index (χ4n) is 4.33. The number of benzene rings is 2. The second-order valence-electron chi connectivity index (χ2n) is 8.42. The van der Waals surface area contributed by atoms with E-state index in [1.807, 2.05) is 18.2 Å². The molecule has 2 saturated heterocycles. The maximum atomic E-state index is 12.9. The number of hydrogen-bond donors (Lipinski definition) is 2. The van der Waals surface area contributed by atoms with Crippen molar-refractivity contribution >= 4 is 17.5 Å². The SMILES string of the molecule is O=C(NC[C@H]1CCCO1)c1ccccc1NC(=O)C1CCN(Cc2ccccc2)CC1. The van der Waals surface area contributed by atoms with Crippen molar-refractivity contribution in [1.29, 1.82) is 0 Å². The number of nitrogens with one attached hydrogen (secondary N) is 2. The molecule has 1 atom stereocenters. The van der Waals surface area contributed by atoms with Gasteiger partial charge in [-0.15, -0.1) is 0 Å². The lowest BCUT2D eigenvalue weighted by atomic mass is 9.95. The fraction of sp³-hybridized carbons (Fsp3) is 0.440. The first kappa shape index (κ1) is 21.5. The number of carbonyl (C=O) groups excluding carboxylic acids is 2. The molecule has 164 valence electrons. The highest BCUT2D eigenvalue weighted by Gasteiger charge is 2.26. The summed E-state index contributed by atoms with van der Waals surface area (Å²) < 4.78 is 5.57. The van der Waals surface area contributed by atoms with Crippen molar-refractivity contribution in [2.24, 2.45) is 5.92 Å². The van der Waals surface area contributed by atoms with E-state index in [-0.39, 0.29) is 23.8 Å². The van der Waals surface area contributed by atoms with E-state index < -0.39 is 0 Å². The largest absolute Gasteiger partial charge is 0.376 e. The third-order valence-corrected chi connectivity index (χ3v) is 6.15. The van der Waals surface area contributed by atoms with Crippen molar-refractivity contribution in [2.75, 3.05) is 31.6 Å². The van der Waals surface area contributed by atoms with Gasteiger partial charge in [0.05, 0.1) is 17.4 Å². The zero-order valence-electron chi connectivity index (χ0n) is 17.9. The number of ether oxygens (including phenoxy) is 1. The Kier molecular flexibility index (Phi) is 7.33. The first-order chi connectivity index (χ1) is 15.2. The van der Waals surface area contributed by atoms with Crippen molar-refractivity contribution in [3.63, 3.8) is 0 Å². The molecule has 2 aliphatic rings. The number of hydrogen-bond acceptors (Lipinski definition) is 4. The summed E-state index contributed by atoms with van der Waals surface area (Å²) in [4.78, 5) is 28.0. The van der Waals surface area contributed by atoms with Gasteiger partial charge in [0.25, 0.3) is 5.91 Å². The van der Waals surface area contributed by atoms with Gasteiger partial charge in [-0.1, -0.05) is 42.5 Å². The zero-order chi connectivity index (χ0) is 21.5. The fourth-order valence-corrected chi connectivity index (χ4v) is 4.33. The lowest BCUT2D eigenvalue weighted by Crippen LogP contribution is -2.38. The minimum atomic E-state index is -0.177. The van der Waals surface area contributed by atoms with Crippen molar-refractivity contribution in [2.45, 2.75) is 38.3 Å². The van der Waals surface area contributed by atoms with E-state index in [2.05, 4.69) is 39.8 Å². The highest BCUT2D eigenvalue weighted by atomic mass is 16.5. The normalized spacial score (nSPS) is 19.8. The summed E-state index contributed by atoms with van der Waals surface area (Å²) in [7, 11) is 0. The molecule has 0 aliphatic carbocycles. The molecule has 2 fully saturated rings. The van der Waals surface area contributed by atoms with Crippen LogP contribution < -0.4 is 10.6 Å². The Morgan fingerprint density at radius 3 is 2.45 bits per heavy atom. The minimum absolute atomic E-state index is 0.00117. The lowest BCUT2D eigenvalue weighted by molar-refractivity contribution is -0.121. The van der Waals surface area contributed by atoms with Crippen LogP contribution in [-0.2, 0) is 16.1 Å². The van der Waals surface area contributed by atoms with Crippen molar-refractivity contribution in [1.82, 2.24) is 10.2 Å². The topological polar surface area (TPSA) is 70.7 Å². The number of likely N-dealkylation sites (tertiary alicyclic amines) is 1. The van der Waals surface area contributed by atoms with E-state index in [1.165, 1.54) is 5.56 Å². The molecule has 31 heavy (non-hydrogen) atoms. The van der Waals surface area contributed by atoms with Crippen LogP contribution in [0.3, 0.4) is 0 Å². The van der Waals surface area contributed by atoms with Gasteiger partial charge < -0.3 is 15.4 Å². The summed E-state index contributed by atoms with van der Waals surface area (Å²) in [6, 6.07) is 17.6. The van der Waals surface area contributed by atoms with Crippen LogP contribution in [-0.4, -0.2) is 49.1 Å². The molecular formula is C25H31N3O3. The first-order valence-electron chi connectivity index (χ1n) is 11.2. The molecule has 2 heterocycles. The Bertz CT molecular complexity index is 873. The molecule has 0 aromatic heterocycles. The highest BCUT2D eigenvalue weighted by Crippen LogP contribution is 2.23. The minimum Gasteiger partial charge on any atom is -0.376 e. The lowest BCUT2D eigenvalue weighted by Gasteiger charge is -2.31. The van der Waals surface area contributed by atoms with E-state index in [1.54, 1.807) is 12.1 Å². The number of rotatable bonds is 7. The maximum absolute atomic E-state index is 12.9. The van der Waals surface area contributed by atoms with Crippen LogP contribution in [0.25, 0.3) is 0 Å². The Balaban J connectivity index is 1.29. The summed E-state index contributed by atoms with van der Waals surface area (Å²) >= 11 is 0. The Morgan fingerprint density at radius 1 is 0.968 bits per heavy atom. The van der Waals surface area contributed by atoms with Crippen LogP contribution in [0.5, 0.6) is 0 Å². The van der Waals surface area contributed by atoms with E-state index >= 15 is 0 Å². The van der Waals surface area contributed by atoms with Crippen LogP contribution >= 0.6 is 0 Å². The molecule has 0 spiro atoms. The van der Waals surface area contributed by atoms with Crippen LogP contribution in [0.4, 0.5) is 5.69 Å². The second kappa shape index (κ2) is 10.6. The van der Waals surface area contributed by atoms with E-state index in [0.29, 0.717) is 17.8 Å². The number of nitrogens with zero attached hydrogens (tertiary/aromatic N) is 1. The van der Waals surface area contributed by atoms with E-state index in [9.17, 15) is 9.59 Å². The van der Waals surface area contributed by atoms with Gasteiger partial charge in [-0.05, 0) is 56.5 Å². The van der Waals surface area contributed by atoms with Gasteiger partial charge in [0.2, 0.25) is 5.91 Å². The first-order valence-corrected chi connectivity index (χ1v) is 11.2. The molecule has 4 rings (SSSR count). The third-order valence-electron chi connectivity index (χ3n) is 6.15. The van der Waals surface area contributed by atoms with Gasteiger partial charge in [-0.2, -0.15) is 0 Å². The van der Waals surface area contributed by atoms with Gasteiger partial charge in [0.1, 0.15) is 0 Å². The third kappa shape index (κ3) is 5.93. The Labute approximate surface area is 184 Å². The molecule has 0 saturated carbocycles. The molecule has 2 aliphatic heterocycles. The number of piperidine rings is 1. The molecule has 0 radical (unpaired) electrons. The maximum Gasteiger partial charge on any atom is 0.253 e. The van der Waals surface area contributed by atoms with Gasteiger partial charge in [0, 0.05) is 25.6 Å². The molecular weight excluding hydrogens is 390 g/mol. The molecule has 2 N–H and O–H groups in total. The molecule has 2 amide bonds. The van der Waals surface area contributed by atoms with Crippen LogP contribution in [0.15, 0.2) is 54.6 Å². The quantitative estimate of drug-likeness (QED) is 0.718. The predicted molar refractivity (Wildman–Crippen MR) is 121 cm³/mol. The van der Waals surface area contributed by atoms with Crippen molar-refractivity contribution < 1.29 is 14.3 Å². The second-order valence-corrected chi connectivity index (χ2v) is 8.42. The molecule has 2 aromatic rings. The number of anilines is 1. The van der Waals surface area contributed by atoms with E-state index in [4.69, 9.17) is 4.74 Å². The van der Waals surface area contributed by atoms with E-state index in [0.717, 1.165) is 51.9 Å². The summed E-state index contributed by atoms with van der Waals surface area (Å²) in [6.07, 6.45) is 3.75. The summed E-state index contributed by atoms with van der Waals surface area (Å²) in [5.41, 5.74) is 2.37. The number of carbonyl (C=O) groups is 2. The molecule has 6 nitrogen and oxygen atoms in total. The van der Waals surface area contributed by atoms with Crippen molar-refractivity contribution in [3.05, 3.63) is 65.7 Å². The number of amides is 2. The predicted octanol–water partition coefficient (Wildman–Crippen LogP) is 3.45. The monoisotopic (exact) mass is 421 g/mol. The average molecular weight is 422 g/mol. The standard InChI is InChI=1S/C25H31N3O3/c29-24(20-12-14-28(15-13-20)18-19-7-2-1-3-8-19)27-23-11-5-4-10-22(23)25(30)26-17-21-9-6-16-31-21/h1-5,7-8,10-11,20-21H,6,9,12-18H2,(H,26,30)(H,27,29)/t21-/m1/s1. The van der Waals surface area contributed by atoms with Gasteiger partial charge in [0.15, 0.2) is 0 Å². The molecule has 0 unspecified atom stereocenters. The van der Waals surface area contributed by atoms with Gasteiger partial charge in [-0.25, -0.2) is 0 Å². The average Bonchev–Trinajstić information content (AvgIpc) is 3.33. The Hall–Kier alpha value is -2.70. The summed E-state index contributed by atoms with van der Waals surface area (Å²) in [5, 5.41) is 5.95. The Morgan fingerprint density at radius 2 is 1.71 bits per heavy atom. The zero-order valence-corrected chi connectivity index (χ0v) is 17.9. The summed E-state index contributed by atoms with van der Waals surface area (Å²) in [5.74, 6) is -0.210. The van der Waals surface area contributed by atoms with Gasteiger partial charge in [-0.3, -0.25) is 14.5 Å². The number of para-hydroxylation sites is 1. The van der Waals surface area contributed by atoms with Crippen LogP contribution in [0, 0.1) is 5.92 Å². The molecule has 0 bridgehead atoms.